The van der Waals surface area contributed by atoms with E-state index < -0.39 is 0 Å². The molecule has 0 spiro atoms. The maximum Gasteiger partial charge on any atom is 0.198 e. The van der Waals surface area contributed by atoms with Crippen LogP contribution < -0.4 is 5.73 Å². The van der Waals surface area contributed by atoms with Crippen molar-refractivity contribution in [2.24, 2.45) is 4.99 Å². The third kappa shape index (κ3) is 4.99. The Hall–Kier alpha value is -3.61. The molecule has 0 aliphatic rings. The van der Waals surface area contributed by atoms with Gasteiger partial charge in [-0.3, -0.25) is 9.89 Å². The van der Waals surface area contributed by atoms with Crippen LogP contribution in [0.5, 0.6) is 5.88 Å². The number of aliphatic hydroxyl groups is 1. The van der Waals surface area contributed by atoms with Crippen molar-refractivity contribution in [3.05, 3.63) is 89.5 Å². The molecule has 5 N–H and O–H groups in total. The Bertz CT molecular complexity index is 1210. The normalized spacial score (nSPS) is 12.0. The van der Waals surface area contributed by atoms with E-state index in [0.29, 0.717) is 23.5 Å². The third-order valence-electron chi connectivity index (χ3n) is 5.47. The van der Waals surface area contributed by atoms with Gasteiger partial charge in [0, 0.05) is 36.2 Å². The minimum atomic E-state index is 0.0871. The first-order valence-electron chi connectivity index (χ1n) is 10.7. The highest BCUT2D eigenvalue weighted by Gasteiger charge is 2.14. The second-order valence-electron chi connectivity index (χ2n) is 7.94. The fourth-order valence-electron chi connectivity index (χ4n) is 3.94. The van der Waals surface area contributed by atoms with Crippen LogP contribution in [0.1, 0.15) is 23.6 Å². The molecule has 0 saturated heterocycles. The van der Waals surface area contributed by atoms with Crippen LogP contribution in [0.25, 0.3) is 10.9 Å². The summed E-state index contributed by atoms with van der Waals surface area (Å²) in [6, 6.07) is 23.8. The average molecular weight is 429 g/mol. The van der Waals surface area contributed by atoms with E-state index in [9.17, 15) is 10.2 Å². The van der Waals surface area contributed by atoms with Crippen LogP contribution in [0.15, 0.2) is 77.8 Å². The van der Waals surface area contributed by atoms with Crippen LogP contribution in [0.4, 0.5) is 11.4 Å². The minimum Gasteiger partial charge on any atom is -0.494 e. The number of aromatic hydroxyl groups is 1. The smallest absolute Gasteiger partial charge is 0.198 e. The quantitative estimate of drug-likeness (QED) is 0.244. The number of anilines is 1. The molecule has 0 fully saturated rings. The van der Waals surface area contributed by atoms with Gasteiger partial charge in [-0.15, -0.1) is 0 Å². The van der Waals surface area contributed by atoms with Crippen molar-refractivity contribution < 1.29 is 10.2 Å². The highest BCUT2D eigenvalue weighted by molar-refractivity contribution is 6.13. The number of fused-ring (bicyclic) bond motifs is 1. The number of aromatic amines is 1. The van der Waals surface area contributed by atoms with Gasteiger partial charge in [-0.2, -0.15) is 0 Å². The molecule has 6 nitrogen and oxygen atoms in total. The number of hydrogen-bond acceptors (Lipinski definition) is 5. The number of rotatable bonds is 8. The number of H-pyrrole nitrogens is 1. The molecule has 164 valence electrons. The summed E-state index contributed by atoms with van der Waals surface area (Å²) in [6.07, 6.45) is 0. The molecule has 0 radical (unpaired) electrons. The molecule has 4 rings (SSSR count). The van der Waals surface area contributed by atoms with Gasteiger partial charge in [0.05, 0.1) is 23.6 Å². The molecule has 0 bridgehead atoms. The number of benzene rings is 3. The molecule has 0 aliphatic carbocycles. The monoisotopic (exact) mass is 428 g/mol. The van der Waals surface area contributed by atoms with Crippen LogP contribution >= 0.6 is 0 Å². The Labute approximate surface area is 187 Å². The van der Waals surface area contributed by atoms with Crippen LogP contribution in [0, 0.1) is 0 Å². The fraction of sp³-hybridized carbons (Fsp3) is 0.192. The van der Waals surface area contributed by atoms with Gasteiger partial charge < -0.3 is 20.9 Å². The number of aliphatic imine (C=N–C) groups is 1. The molecule has 1 aromatic heterocycles. The van der Waals surface area contributed by atoms with Crippen LogP contribution in [0.3, 0.4) is 0 Å². The predicted molar refractivity (Wildman–Crippen MR) is 130 cm³/mol. The van der Waals surface area contributed by atoms with Gasteiger partial charge in [0.2, 0.25) is 0 Å². The third-order valence-corrected chi connectivity index (χ3v) is 5.47. The summed E-state index contributed by atoms with van der Waals surface area (Å²) in [5.41, 5.74) is 11.9. The topological polar surface area (TPSA) is 97.9 Å². The lowest BCUT2D eigenvalue weighted by Crippen LogP contribution is -2.26. The Balaban J connectivity index is 1.51. The lowest BCUT2D eigenvalue weighted by Gasteiger charge is -2.21. The summed E-state index contributed by atoms with van der Waals surface area (Å²) in [5, 5.41) is 20.7. The van der Waals surface area contributed by atoms with Crippen molar-refractivity contribution in [1.29, 1.82) is 0 Å². The Kier molecular flexibility index (Phi) is 6.54. The molecule has 0 unspecified atom stereocenters. The number of aromatic nitrogens is 1. The number of nitrogens with zero attached hydrogens (tertiary/aromatic N) is 2. The zero-order chi connectivity index (χ0) is 22.5. The van der Waals surface area contributed by atoms with Crippen molar-refractivity contribution in [2.45, 2.75) is 20.0 Å². The van der Waals surface area contributed by atoms with Gasteiger partial charge in [-0.1, -0.05) is 42.5 Å². The highest BCUT2D eigenvalue weighted by atomic mass is 16.3. The number of nitrogens with two attached hydrogens (primary N) is 1. The van der Waals surface area contributed by atoms with E-state index in [0.717, 1.165) is 35.2 Å². The summed E-state index contributed by atoms with van der Waals surface area (Å²) < 4.78 is 0. The molecular formula is C26H28N4O2. The van der Waals surface area contributed by atoms with Crippen LogP contribution in [-0.2, 0) is 13.1 Å². The van der Waals surface area contributed by atoms with Gasteiger partial charge in [0.1, 0.15) is 0 Å². The van der Waals surface area contributed by atoms with E-state index in [1.165, 1.54) is 5.56 Å². The molecule has 0 amide bonds. The molecular weight excluding hydrogens is 400 g/mol. The Morgan fingerprint density at radius 2 is 1.66 bits per heavy atom. The van der Waals surface area contributed by atoms with Gasteiger partial charge in [-0.05, 0) is 48.4 Å². The number of hydrogen-bond donors (Lipinski definition) is 4. The second-order valence-corrected chi connectivity index (χ2v) is 7.94. The molecule has 32 heavy (non-hydrogen) atoms. The molecule has 3 aromatic carbocycles. The van der Waals surface area contributed by atoms with Gasteiger partial charge >= 0.3 is 0 Å². The van der Waals surface area contributed by atoms with E-state index in [1.807, 2.05) is 49.4 Å². The van der Waals surface area contributed by atoms with E-state index in [2.05, 4.69) is 34.1 Å². The number of aliphatic hydroxyl groups excluding tert-OH is 1. The first-order valence-corrected chi connectivity index (χ1v) is 10.7. The lowest BCUT2D eigenvalue weighted by atomic mass is 10.1. The van der Waals surface area contributed by atoms with E-state index >= 15 is 0 Å². The molecule has 0 saturated carbocycles. The Morgan fingerprint density at radius 1 is 0.969 bits per heavy atom. The second kappa shape index (κ2) is 9.68. The summed E-state index contributed by atoms with van der Waals surface area (Å²) in [7, 11) is 0. The largest absolute Gasteiger partial charge is 0.494 e. The molecule has 1 heterocycles. The maximum absolute atomic E-state index is 10.4. The maximum atomic E-state index is 10.4. The number of nitrogens with one attached hydrogen (secondary N) is 1. The first-order chi connectivity index (χ1) is 15.5. The SMILES string of the molecule is CC(=Nc1ccc(CN(CCO)Cc2ccccc2)cc1)c1c(O)[nH]c2ccc(N)cc12. The Morgan fingerprint density at radius 3 is 2.34 bits per heavy atom. The zero-order valence-corrected chi connectivity index (χ0v) is 18.1. The van der Waals surface area contributed by atoms with Crippen molar-refractivity contribution in [2.75, 3.05) is 18.9 Å². The molecule has 0 aliphatic heterocycles. The van der Waals surface area contributed by atoms with Gasteiger partial charge in [-0.25, -0.2) is 0 Å². The van der Waals surface area contributed by atoms with Crippen molar-refractivity contribution in [3.63, 3.8) is 0 Å². The fourth-order valence-corrected chi connectivity index (χ4v) is 3.94. The summed E-state index contributed by atoms with van der Waals surface area (Å²) in [5.74, 6) is 0.0871. The standard InChI is InChI=1S/C26H28N4O2/c1-18(25-23-15-21(27)9-12-24(23)29-26(25)32)28-22-10-7-20(8-11-22)17-30(13-14-31)16-19-5-3-2-4-6-19/h2-12,15,29,31-32H,13-14,16-17,27H2,1H3. The summed E-state index contributed by atoms with van der Waals surface area (Å²) in [6.45, 7) is 4.12. The lowest BCUT2D eigenvalue weighted by molar-refractivity contribution is 0.184. The zero-order valence-electron chi connectivity index (χ0n) is 18.1. The van der Waals surface area contributed by atoms with E-state index in [1.54, 1.807) is 6.07 Å². The first kappa shape index (κ1) is 21.6. The molecule has 0 atom stereocenters. The van der Waals surface area contributed by atoms with E-state index in [4.69, 9.17) is 10.7 Å². The minimum absolute atomic E-state index is 0.0871. The van der Waals surface area contributed by atoms with Gasteiger partial charge in [0.25, 0.3) is 0 Å². The van der Waals surface area contributed by atoms with Crippen molar-refractivity contribution in [1.82, 2.24) is 9.88 Å². The van der Waals surface area contributed by atoms with Crippen LogP contribution in [0.2, 0.25) is 0 Å². The summed E-state index contributed by atoms with van der Waals surface area (Å²) in [4.78, 5) is 9.90. The van der Waals surface area contributed by atoms with Crippen LogP contribution in [-0.4, -0.2) is 39.0 Å². The van der Waals surface area contributed by atoms with E-state index in [-0.39, 0.29) is 12.5 Å². The number of nitrogen functional groups attached to an aromatic ring is 1. The summed E-state index contributed by atoms with van der Waals surface area (Å²) >= 11 is 0. The predicted octanol–water partition coefficient (Wildman–Crippen LogP) is 4.59. The highest BCUT2D eigenvalue weighted by Crippen LogP contribution is 2.30. The molecule has 6 heteroatoms. The van der Waals surface area contributed by atoms with Crippen molar-refractivity contribution >= 4 is 28.0 Å². The average Bonchev–Trinajstić information content (AvgIpc) is 3.11. The van der Waals surface area contributed by atoms with Gasteiger partial charge in [0.15, 0.2) is 5.88 Å². The van der Waals surface area contributed by atoms with Crippen molar-refractivity contribution in [3.8, 4) is 5.88 Å². The molecule has 4 aromatic rings.